The van der Waals surface area contributed by atoms with Crippen LogP contribution in [0.3, 0.4) is 0 Å². The molecule has 0 aliphatic carbocycles. The summed E-state index contributed by atoms with van der Waals surface area (Å²) in [6.45, 7) is 2.10. The molecule has 1 heterocycles. The van der Waals surface area contributed by atoms with E-state index < -0.39 is 0 Å². The van der Waals surface area contributed by atoms with Crippen molar-refractivity contribution in [3.63, 3.8) is 0 Å². The summed E-state index contributed by atoms with van der Waals surface area (Å²) in [6, 6.07) is 0. The van der Waals surface area contributed by atoms with E-state index in [2.05, 4.69) is 17.2 Å². The fourth-order valence-electron chi connectivity index (χ4n) is 0.954. The highest BCUT2D eigenvalue weighted by molar-refractivity contribution is 5.31. The third kappa shape index (κ3) is 1.12. The molecule has 0 radical (unpaired) electrons. The SMILES string of the molecule is CCc1nc(NC)cn1C. The topological polar surface area (TPSA) is 29.9 Å². The van der Waals surface area contributed by atoms with Crippen molar-refractivity contribution in [3.8, 4) is 0 Å². The third-order valence-electron chi connectivity index (χ3n) is 1.54. The molecule has 0 bridgehead atoms. The van der Waals surface area contributed by atoms with Crippen LogP contribution in [0.4, 0.5) is 5.82 Å². The largest absolute Gasteiger partial charge is 0.372 e. The van der Waals surface area contributed by atoms with Gasteiger partial charge in [0.1, 0.15) is 11.6 Å². The number of anilines is 1. The maximum Gasteiger partial charge on any atom is 0.144 e. The number of nitrogens with one attached hydrogen (secondary N) is 1. The first-order chi connectivity index (χ1) is 4.77. The Hall–Kier alpha value is -0.990. The normalized spacial score (nSPS) is 9.90. The summed E-state index contributed by atoms with van der Waals surface area (Å²) < 4.78 is 2.03. The Morgan fingerprint density at radius 3 is 2.70 bits per heavy atom. The van der Waals surface area contributed by atoms with Gasteiger partial charge in [0.15, 0.2) is 0 Å². The molecular formula is C7H13N3. The predicted octanol–water partition coefficient (Wildman–Crippen LogP) is 1.02. The molecule has 56 valence electrons. The number of aromatic nitrogens is 2. The van der Waals surface area contributed by atoms with E-state index >= 15 is 0 Å². The Kier molecular flexibility index (Phi) is 1.94. The highest BCUT2D eigenvalue weighted by Gasteiger charge is 1.99. The Bertz CT molecular complexity index is 215. The summed E-state index contributed by atoms with van der Waals surface area (Å²) in [5, 5.41) is 2.99. The van der Waals surface area contributed by atoms with Gasteiger partial charge in [0.05, 0.1) is 0 Å². The lowest BCUT2D eigenvalue weighted by Gasteiger charge is -1.92. The van der Waals surface area contributed by atoms with Gasteiger partial charge in [-0.05, 0) is 0 Å². The molecule has 0 amide bonds. The highest BCUT2D eigenvalue weighted by Crippen LogP contribution is 2.05. The van der Waals surface area contributed by atoms with Crippen LogP contribution >= 0.6 is 0 Å². The third-order valence-corrected chi connectivity index (χ3v) is 1.54. The lowest BCUT2D eigenvalue weighted by atomic mass is 10.5. The van der Waals surface area contributed by atoms with Gasteiger partial charge in [0, 0.05) is 26.7 Å². The van der Waals surface area contributed by atoms with Gasteiger partial charge in [-0.2, -0.15) is 0 Å². The van der Waals surface area contributed by atoms with Crippen LogP contribution < -0.4 is 5.32 Å². The quantitative estimate of drug-likeness (QED) is 0.663. The van der Waals surface area contributed by atoms with Gasteiger partial charge < -0.3 is 9.88 Å². The zero-order valence-corrected chi connectivity index (χ0v) is 6.68. The van der Waals surface area contributed by atoms with Gasteiger partial charge in [-0.3, -0.25) is 0 Å². The van der Waals surface area contributed by atoms with E-state index in [0.29, 0.717) is 0 Å². The van der Waals surface area contributed by atoms with E-state index in [9.17, 15) is 0 Å². The molecule has 0 atom stereocenters. The predicted molar refractivity (Wildman–Crippen MR) is 42.1 cm³/mol. The second-order valence-electron chi connectivity index (χ2n) is 2.26. The molecular weight excluding hydrogens is 126 g/mol. The van der Waals surface area contributed by atoms with Gasteiger partial charge in [0.2, 0.25) is 0 Å². The van der Waals surface area contributed by atoms with Crippen molar-refractivity contribution in [1.82, 2.24) is 9.55 Å². The maximum atomic E-state index is 4.30. The van der Waals surface area contributed by atoms with Crippen LogP contribution in [0.5, 0.6) is 0 Å². The van der Waals surface area contributed by atoms with Crippen molar-refractivity contribution in [2.24, 2.45) is 7.05 Å². The summed E-state index contributed by atoms with van der Waals surface area (Å²) in [5.74, 6) is 2.06. The molecule has 3 heteroatoms. The molecule has 0 aliphatic rings. The fraction of sp³-hybridized carbons (Fsp3) is 0.571. The lowest BCUT2D eigenvalue weighted by Crippen LogP contribution is -1.93. The molecule has 0 saturated heterocycles. The van der Waals surface area contributed by atoms with Crippen molar-refractivity contribution < 1.29 is 0 Å². The van der Waals surface area contributed by atoms with E-state index in [1.807, 2.05) is 24.9 Å². The standard InChI is InChI=1S/C7H13N3/c1-4-7-9-6(8-2)5-10(7)3/h5,8H,4H2,1-3H3. The van der Waals surface area contributed by atoms with Crippen LogP contribution in [0.1, 0.15) is 12.7 Å². The van der Waals surface area contributed by atoms with Gasteiger partial charge in [-0.1, -0.05) is 6.92 Å². The number of nitrogens with zero attached hydrogens (tertiary/aromatic N) is 2. The first-order valence-corrected chi connectivity index (χ1v) is 3.48. The summed E-state index contributed by atoms with van der Waals surface area (Å²) in [6.07, 6.45) is 2.97. The molecule has 1 aromatic rings. The number of rotatable bonds is 2. The van der Waals surface area contributed by atoms with Gasteiger partial charge >= 0.3 is 0 Å². The van der Waals surface area contributed by atoms with Crippen LogP contribution in [-0.4, -0.2) is 16.6 Å². The van der Waals surface area contributed by atoms with Crippen LogP contribution in [0.2, 0.25) is 0 Å². The molecule has 0 aliphatic heterocycles. The van der Waals surface area contributed by atoms with Crippen molar-refractivity contribution in [3.05, 3.63) is 12.0 Å². The monoisotopic (exact) mass is 139 g/mol. The van der Waals surface area contributed by atoms with E-state index in [4.69, 9.17) is 0 Å². The zero-order chi connectivity index (χ0) is 7.56. The first kappa shape index (κ1) is 7.12. The molecule has 1 aromatic heterocycles. The number of hydrogen-bond acceptors (Lipinski definition) is 2. The number of aryl methyl sites for hydroxylation is 2. The summed E-state index contributed by atoms with van der Waals surface area (Å²) in [5.41, 5.74) is 0. The Labute approximate surface area is 61.1 Å². The van der Waals surface area contributed by atoms with E-state index in [1.54, 1.807) is 0 Å². The highest BCUT2D eigenvalue weighted by atomic mass is 15.1. The second kappa shape index (κ2) is 2.73. The van der Waals surface area contributed by atoms with Crippen molar-refractivity contribution in [1.29, 1.82) is 0 Å². The lowest BCUT2D eigenvalue weighted by molar-refractivity contribution is 0.808. The molecule has 1 rings (SSSR count). The van der Waals surface area contributed by atoms with Crippen LogP contribution in [0, 0.1) is 0 Å². The second-order valence-corrected chi connectivity index (χ2v) is 2.26. The van der Waals surface area contributed by atoms with Gasteiger partial charge in [-0.15, -0.1) is 0 Å². The number of imidazole rings is 1. The minimum absolute atomic E-state index is 0.944. The number of hydrogen-bond donors (Lipinski definition) is 1. The van der Waals surface area contributed by atoms with Gasteiger partial charge in [-0.25, -0.2) is 4.98 Å². The van der Waals surface area contributed by atoms with Crippen LogP contribution in [0.25, 0.3) is 0 Å². The molecule has 0 fully saturated rings. The Morgan fingerprint density at radius 1 is 1.70 bits per heavy atom. The molecule has 10 heavy (non-hydrogen) atoms. The van der Waals surface area contributed by atoms with Crippen LogP contribution in [0.15, 0.2) is 6.20 Å². The molecule has 0 saturated carbocycles. The molecule has 3 nitrogen and oxygen atoms in total. The van der Waals surface area contributed by atoms with E-state index in [1.165, 1.54) is 0 Å². The Balaban J connectivity index is 2.92. The Morgan fingerprint density at radius 2 is 2.40 bits per heavy atom. The van der Waals surface area contributed by atoms with Crippen molar-refractivity contribution in [2.45, 2.75) is 13.3 Å². The summed E-state index contributed by atoms with van der Waals surface area (Å²) in [4.78, 5) is 4.30. The molecule has 1 N–H and O–H groups in total. The molecule has 0 spiro atoms. The summed E-state index contributed by atoms with van der Waals surface area (Å²) >= 11 is 0. The average molecular weight is 139 g/mol. The molecule has 0 aromatic carbocycles. The fourth-order valence-corrected chi connectivity index (χ4v) is 0.954. The average Bonchev–Trinajstić information content (AvgIpc) is 2.30. The van der Waals surface area contributed by atoms with Crippen molar-refractivity contribution in [2.75, 3.05) is 12.4 Å². The zero-order valence-electron chi connectivity index (χ0n) is 6.68. The van der Waals surface area contributed by atoms with E-state index in [0.717, 1.165) is 18.1 Å². The minimum Gasteiger partial charge on any atom is -0.372 e. The molecule has 0 unspecified atom stereocenters. The van der Waals surface area contributed by atoms with Gasteiger partial charge in [0.25, 0.3) is 0 Å². The first-order valence-electron chi connectivity index (χ1n) is 3.48. The van der Waals surface area contributed by atoms with Crippen molar-refractivity contribution >= 4 is 5.82 Å². The van der Waals surface area contributed by atoms with Crippen LogP contribution in [-0.2, 0) is 13.5 Å². The minimum atomic E-state index is 0.944. The van der Waals surface area contributed by atoms with E-state index in [-0.39, 0.29) is 0 Å². The summed E-state index contributed by atoms with van der Waals surface area (Å²) in [7, 11) is 3.88. The smallest absolute Gasteiger partial charge is 0.144 e. The maximum absolute atomic E-state index is 4.30.